The first-order valence-electron chi connectivity index (χ1n) is 5.69. The second kappa shape index (κ2) is 5.56. The summed E-state index contributed by atoms with van der Waals surface area (Å²) in [6, 6.07) is 2.51. The van der Waals surface area contributed by atoms with Crippen molar-refractivity contribution in [3.8, 4) is 0 Å². The first-order chi connectivity index (χ1) is 9.01. The van der Waals surface area contributed by atoms with E-state index in [2.05, 4.69) is 10.6 Å². The summed E-state index contributed by atoms with van der Waals surface area (Å²) in [5.74, 6) is -0.480. The molecule has 6 nitrogen and oxygen atoms in total. The van der Waals surface area contributed by atoms with Crippen molar-refractivity contribution in [2.24, 2.45) is 5.73 Å². The van der Waals surface area contributed by atoms with E-state index in [1.54, 1.807) is 12.1 Å². The topological polar surface area (TPSA) is 93.4 Å². The molecule has 0 aromatic heterocycles. The van der Waals surface area contributed by atoms with Crippen LogP contribution in [0.2, 0.25) is 5.02 Å². The van der Waals surface area contributed by atoms with Gasteiger partial charge in [0, 0.05) is 12.8 Å². The predicted molar refractivity (Wildman–Crippen MR) is 72.3 cm³/mol. The summed E-state index contributed by atoms with van der Waals surface area (Å²) in [7, 11) is 1.47. The summed E-state index contributed by atoms with van der Waals surface area (Å²) in [6.45, 7) is 0.119. The molecule has 0 aliphatic carbocycles. The molecule has 0 fully saturated rings. The van der Waals surface area contributed by atoms with Gasteiger partial charge >= 0.3 is 0 Å². The zero-order valence-electron chi connectivity index (χ0n) is 10.3. The highest BCUT2D eigenvalue weighted by Crippen LogP contribution is 2.32. The smallest absolute Gasteiger partial charge is 0.243 e. The molecule has 1 aromatic carbocycles. The molecule has 0 radical (unpaired) electrons. The Morgan fingerprint density at radius 1 is 1.63 bits per heavy atom. The van der Waals surface area contributed by atoms with Crippen molar-refractivity contribution < 1.29 is 14.3 Å². The number of carbonyl (C=O) groups excluding carboxylic acids is 2. The van der Waals surface area contributed by atoms with E-state index in [0.717, 1.165) is 5.56 Å². The molecule has 1 atom stereocenters. The second-order valence-electron chi connectivity index (χ2n) is 4.27. The minimum atomic E-state index is -0.769. The van der Waals surface area contributed by atoms with Gasteiger partial charge in [0.15, 0.2) is 0 Å². The number of hydrogen-bond acceptors (Lipinski definition) is 4. The zero-order chi connectivity index (χ0) is 14.0. The molecule has 4 N–H and O–H groups in total. The Balaban J connectivity index is 2.16. The summed E-state index contributed by atoms with van der Waals surface area (Å²) in [5.41, 5.74) is 7.52. The third-order valence-electron chi connectivity index (χ3n) is 2.76. The Labute approximate surface area is 115 Å². The molecule has 0 spiro atoms. The quantitative estimate of drug-likeness (QED) is 0.760. The molecule has 7 heteroatoms. The molecule has 1 aliphatic heterocycles. The van der Waals surface area contributed by atoms with Crippen molar-refractivity contribution in [2.75, 3.05) is 24.4 Å². The number of hydrogen-bond donors (Lipinski definition) is 3. The minimum absolute atomic E-state index is 0.0920. The summed E-state index contributed by atoms with van der Waals surface area (Å²) in [6.07, 6.45) is 0.277. The van der Waals surface area contributed by atoms with E-state index in [-0.39, 0.29) is 24.8 Å². The van der Waals surface area contributed by atoms with Crippen molar-refractivity contribution in [3.63, 3.8) is 0 Å². The first-order valence-corrected chi connectivity index (χ1v) is 6.06. The lowest BCUT2D eigenvalue weighted by atomic mass is 10.1. The van der Waals surface area contributed by atoms with E-state index in [1.165, 1.54) is 7.11 Å². The number of nitrogens with two attached hydrogens (primary N) is 1. The van der Waals surface area contributed by atoms with Crippen LogP contribution in [0.1, 0.15) is 5.56 Å². The molecular weight excluding hydrogens is 270 g/mol. The monoisotopic (exact) mass is 283 g/mol. The number of ether oxygens (including phenoxy) is 1. The Bertz CT molecular complexity index is 533. The number of rotatable bonds is 4. The van der Waals surface area contributed by atoms with Crippen molar-refractivity contribution in [3.05, 3.63) is 22.7 Å². The number of benzene rings is 1. The normalized spacial score (nSPS) is 14.8. The lowest BCUT2D eigenvalue weighted by Crippen LogP contribution is -2.39. The summed E-state index contributed by atoms with van der Waals surface area (Å²) in [5, 5.41) is 5.65. The molecule has 1 unspecified atom stereocenters. The maximum atomic E-state index is 11.8. The number of methoxy groups -OCH3 is 1. The van der Waals surface area contributed by atoms with Crippen LogP contribution in [0.4, 0.5) is 11.4 Å². The molecule has 0 bridgehead atoms. The van der Waals surface area contributed by atoms with Gasteiger partial charge in [-0.1, -0.05) is 11.6 Å². The average molecular weight is 284 g/mol. The maximum Gasteiger partial charge on any atom is 0.243 e. The van der Waals surface area contributed by atoms with Crippen LogP contribution in [-0.4, -0.2) is 31.6 Å². The van der Waals surface area contributed by atoms with Gasteiger partial charge < -0.3 is 21.1 Å². The standard InChI is InChI=1S/C12H14ClN3O3/c1-19-5-8(14)12(18)16-10-2-6-3-11(17)15-9(6)4-7(10)13/h2,4,8H,3,5,14H2,1H3,(H,15,17)(H,16,18). The lowest BCUT2D eigenvalue weighted by molar-refractivity contribution is -0.118. The van der Waals surface area contributed by atoms with E-state index >= 15 is 0 Å². The number of carbonyl (C=O) groups is 2. The molecule has 19 heavy (non-hydrogen) atoms. The van der Waals surface area contributed by atoms with E-state index in [4.69, 9.17) is 22.1 Å². The minimum Gasteiger partial charge on any atom is -0.383 e. The molecule has 0 saturated carbocycles. The van der Waals surface area contributed by atoms with Crippen molar-refractivity contribution >= 4 is 34.8 Å². The Morgan fingerprint density at radius 2 is 2.37 bits per heavy atom. The third kappa shape index (κ3) is 3.04. The average Bonchev–Trinajstić information content (AvgIpc) is 2.69. The molecular formula is C12H14ClN3O3. The van der Waals surface area contributed by atoms with Gasteiger partial charge in [-0.25, -0.2) is 0 Å². The molecule has 2 rings (SSSR count). The summed E-state index contributed by atoms with van der Waals surface area (Å²) in [4.78, 5) is 23.0. The van der Waals surface area contributed by atoms with E-state index in [9.17, 15) is 9.59 Å². The SMILES string of the molecule is COCC(N)C(=O)Nc1cc2c(cc1Cl)NC(=O)C2. The fraction of sp³-hybridized carbons (Fsp3) is 0.333. The molecule has 1 aromatic rings. The third-order valence-corrected chi connectivity index (χ3v) is 3.07. The Hall–Kier alpha value is -1.63. The fourth-order valence-electron chi connectivity index (χ4n) is 1.82. The van der Waals surface area contributed by atoms with E-state index in [1.807, 2.05) is 0 Å². The van der Waals surface area contributed by atoms with Crippen molar-refractivity contribution in [1.82, 2.24) is 0 Å². The lowest BCUT2D eigenvalue weighted by Gasteiger charge is -2.13. The van der Waals surface area contributed by atoms with Gasteiger partial charge in [-0.15, -0.1) is 0 Å². The van der Waals surface area contributed by atoms with Crippen LogP contribution in [0.5, 0.6) is 0 Å². The van der Waals surface area contributed by atoms with Gasteiger partial charge in [-0.3, -0.25) is 9.59 Å². The summed E-state index contributed by atoms with van der Waals surface area (Å²) >= 11 is 6.04. The molecule has 102 valence electrons. The van der Waals surface area contributed by atoms with Crippen LogP contribution in [-0.2, 0) is 20.7 Å². The van der Waals surface area contributed by atoms with Gasteiger partial charge in [0.1, 0.15) is 6.04 Å². The van der Waals surface area contributed by atoms with Crippen LogP contribution in [0.15, 0.2) is 12.1 Å². The van der Waals surface area contributed by atoms with Crippen LogP contribution < -0.4 is 16.4 Å². The van der Waals surface area contributed by atoms with Gasteiger partial charge in [0.2, 0.25) is 11.8 Å². The molecule has 0 saturated heterocycles. The molecule has 1 aliphatic rings. The van der Waals surface area contributed by atoms with Crippen LogP contribution in [0.25, 0.3) is 0 Å². The highest BCUT2D eigenvalue weighted by molar-refractivity contribution is 6.34. The number of halogens is 1. The largest absolute Gasteiger partial charge is 0.383 e. The Kier molecular flexibility index (Phi) is 4.04. The van der Waals surface area contributed by atoms with E-state index < -0.39 is 6.04 Å². The van der Waals surface area contributed by atoms with Gasteiger partial charge in [0.25, 0.3) is 0 Å². The van der Waals surface area contributed by atoms with Crippen LogP contribution >= 0.6 is 11.6 Å². The van der Waals surface area contributed by atoms with Crippen molar-refractivity contribution in [1.29, 1.82) is 0 Å². The number of amides is 2. The van der Waals surface area contributed by atoms with Crippen LogP contribution in [0, 0.1) is 0 Å². The van der Waals surface area contributed by atoms with Crippen LogP contribution in [0.3, 0.4) is 0 Å². The maximum absolute atomic E-state index is 11.8. The van der Waals surface area contributed by atoms with Crippen molar-refractivity contribution in [2.45, 2.75) is 12.5 Å². The van der Waals surface area contributed by atoms with Gasteiger partial charge in [-0.05, 0) is 17.7 Å². The molecule has 1 heterocycles. The Morgan fingerprint density at radius 3 is 3.05 bits per heavy atom. The highest BCUT2D eigenvalue weighted by atomic mass is 35.5. The number of fused-ring (bicyclic) bond motifs is 1. The zero-order valence-corrected chi connectivity index (χ0v) is 11.1. The number of anilines is 2. The van der Waals surface area contributed by atoms with Gasteiger partial charge in [0.05, 0.1) is 23.7 Å². The molecule has 2 amide bonds. The predicted octanol–water partition coefficient (Wildman–Crippen LogP) is 0.747. The van der Waals surface area contributed by atoms with Gasteiger partial charge in [-0.2, -0.15) is 0 Å². The fourth-order valence-corrected chi connectivity index (χ4v) is 2.04. The van der Waals surface area contributed by atoms with E-state index in [0.29, 0.717) is 16.4 Å². The summed E-state index contributed by atoms with van der Waals surface area (Å²) < 4.78 is 4.81. The highest BCUT2D eigenvalue weighted by Gasteiger charge is 2.21. The number of nitrogens with one attached hydrogen (secondary N) is 2. The first kappa shape index (κ1) is 13.8. The second-order valence-corrected chi connectivity index (χ2v) is 4.67.